The van der Waals surface area contributed by atoms with Crippen molar-refractivity contribution in [3.8, 4) is 0 Å². The number of benzene rings is 1. The Morgan fingerprint density at radius 1 is 1.35 bits per heavy atom. The first-order valence-corrected chi connectivity index (χ1v) is 7.33. The lowest BCUT2D eigenvalue weighted by Gasteiger charge is -2.35. The van der Waals surface area contributed by atoms with Gasteiger partial charge in [-0.3, -0.25) is 4.90 Å². The van der Waals surface area contributed by atoms with Crippen molar-refractivity contribution in [1.82, 2.24) is 9.88 Å². The van der Waals surface area contributed by atoms with Crippen LogP contribution in [0.3, 0.4) is 0 Å². The number of aromatic nitrogens is 1. The van der Waals surface area contributed by atoms with Gasteiger partial charge in [-0.1, -0.05) is 12.1 Å². The number of nitrogens with one attached hydrogen (secondary N) is 1. The van der Waals surface area contributed by atoms with Gasteiger partial charge in [-0.2, -0.15) is 4.98 Å². The summed E-state index contributed by atoms with van der Waals surface area (Å²) < 4.78 is 11.6. The van der Waals surface area contributed by atoms with Crippen LogP contribution in [-0.4, -0.2) is 48.3 Å². The molecule has 0 bridgehead atoms. The molecule has 2 aliphatic heterocycles. The summed E-state index contributed by atoms with van der Waals surface area (Å²) in [6.45, 7) is 3.83. The maximum absolute atomic E-state index is 5.91. The minimum Gasteiger partial charge on any atom is -0.424 e. The number of anilines is 1. The van der Waals surface area contributed by atoms with Crippen LogP contribution in [0.2, 0.25) is 0 Å². The molecule has 2 fully saturated rings. The van der Waals surface area contributed by atoms with Gasteiger partial charge in [0.05, 0.1) is 12.7 Å². The highest BCUT2D eigenvalue weighted by molar-refractivity contribution is 5.74. The summed E-state index contributed by atoms with van der Waals surface area (Å²) in [4.78, 5) is 6.96. The molecule has 20 heavy (non-hydrogen) atoms. The molecular weight excluding hydrogens is 254 g/mol. The monoisotopic (exact) mass is 273 g/mol. The maximum atomic E-state index is 5.91. The van der Waals surface area contributed by atoms with Crippen LogP contribution in [0.15, 0.2) is 28.7 Å². The minimum atomic E-state index is 0.222. The Bertz CT molecular complexity index is 565. The van der Waals surface area contributed by atoms with Crippen LogP contribution >= 0.6 is 0 Å². The Morgan fingerprint density at radius 3 is 3.25 bits per heavy atom. The van der Waals surface area contributed by atoms with E-state index in [4.69, 9.17) is 9.15 Å². The maximum Gasteiger partial charge on any atom is 0.295 e. The highest BCUT2D eigenvalue weighted by Gasteiger charge is 2.32. The predicted octanol–water partition coefficient (Wildman–Crippen LogP) is 2.10. The molecule has 0 amide bonds. The van der Waals surface area contributed by atoms with Crippen molar-refractivity contribution in [2.75, 3.05) is 31.6 Å². The standard InChI is InChI=1S/C15H19N3O2/c1-2-6-14-13(5-1)17-15(20-14)16-8-12-9-18-7-3-4-11(18)10-19-12/h1-2,5-6,11-12H,3-4,7-10H2,(H,16,17)/t11-,12-/m1/s1. The molecule has 0 unspecified atom stereocenters. The van der Waals surface area contributed by atoms with Crippen molar-refractivity contribution >= 4 is 17.1 Å². The number of rotatable bonds is 3. The number of hydrogen-bond acceptors (Lipinski definition) is 5. The van der Waals surface area contributed by atoms with Crippen LogP contribution in [-0.2, 0) is 4.74 Å². The van der Waals surface area contributed by atoms with Crippen LogP contribution in [0, 0.1) is 0 Å². The fourth-order valence-corrected chi connectivity index (χ4v) is 3.16. The third kappa shape index (κ3) is 2.27. The van der Waals surface area contributed by atoms with Gasteiger partial charge in [0.1, 0.15) is 5.52 Å². The summed E-state index contributed by atoms with van der Waals surface area (Å²) in [5.74, 6) is 0. The Labute approximate surface area is 117 Å². The van der Waals surface area contributed by atoms with Gasteiger partial charge >= 0.3 is 0 Å². The van der Waals surface area contributed by atoms with Gasteiger partial charge in [0.2, 0.25) is 0 Å². The normalized spacial score (nSPS) is 26.8. The van der Waals surface area contributed by atoms with E-state index in [1.165, 1.54) is 19.4 Å². The van der Waals surface area contributed by atoms with Gasteiger partial charge in [-0.25, -0.2) is 0 Å². The van der Waals surface area contributed by atoms with Crippen LogP contribution in [0.1, 0.15) is 12.8 Å². The summed E-state index contributed by atoms with van der Waals surface area (Å²) >= 11 is 0. The van der Waals surface area contributed by atoms with E-state index in [0.29, 0.717) is 12.1 Å². The van der Waals surface area contributed by atoms with Gasteiger partial charge in [0.15, 0.2) is 5.58 Å². The number of oxazole rings is 1. The van der Waals surface area contributed by atoms with Crippen molar-refractivity contribution in [2.24, 2.45) is 0 Å². The van der Waals surface area contributed by atoms with Crippen LogP contribution < -0.4 is 5.32 Å². The average molecular weight is 273 g/mol. The van der Waals surface area contributed by atoms with Crippen LogP contribution in [0.5, 0.6) is 0 Å². The predicted molar refractivity (Wildman–Crippen MR) is 76.8 cm³/mol. The summed E-state index contributed by atoms with van der Waals surface area (Å²) in [6, 6.07) is 9.03. The van der Waals surface area contributed by atoms with Crippen molar-refractivity contribution in [3.63, 3.8) is 0 Å². The minimum absolute atomic E-state index is 0.222. The quantitative estimate of drug-likeness (QED) is 0.928. The molecule has 4 rings (SSSR count). The van der Waals surface area contributed by atoms with E-state index < -0.39 is 0 Å². The Hall–Kier alpha value is -1.59. The molecule has 1 aromatic carbocycles. The largest absolute Gasteiger partial charge is 0.424 e. The third-order valence-corrected chi connectivity index (χ3v) is 4.24. The zero-order valence-corrected chi connectivity index (χ0v) is 11.4. The molecule has 0 spiro atoms. The van der Waals surface area contributed by atoms with Gasteiger partial charge < -0.3 is 14.5 Å². The fraction of sp³-hybridized carbons (Fsp3) is 0.533. The van der Waals surface area contributed by atoms with E-state index in [1.54, 1.807) is 0 Å². The summed E-state index contributed by atoms with van der Waals surface area (Å²) in [5, 5.41) is 3.25. The third-order valence-electron chi connectivity index (χ3n) is 4.24. The number of nitrogens with zero attached hydrogens (tertiary/aromatic N) is 2. The van der Waals surface area contributed by atoms with Crippen molar-refractivity contribution < 1.29 is 9.15 Å². The molecule has 106 valence electrons. The number of morpholine rings is 1. The number of para-hydroxylation sites is 2. The average Bonchev–Trinajstić information content (AvgIpc) is 3.10. The second-order valence-corrected chi connectivity index (χ2v) is 5.61. The van der Waals surface area contributed by atoms with E-state index in [9.17, 15) is 0 Å². The van der Waals surface area contributed by atoms with Crippen molar-refractivity contribution in [3.05, 3.63) is 24.3 Å². The van der Waals surface area contributed by atoms with E-state index in [1.807, 2.05) is 24.3 Å². The van der Waals surface area contributed by atoms with Crippen molar-refractivity contribution in [1.29, 1.82) is 0 Å². The van der Waals surface area contributed by atoms with Crippen LogP contribution in [0.25, 0.3) is 11.1 Å². The molecule has 2 saturated heterocycles. The Kier molecular flexibility index (Phi) is 3.09. The summed E-state index contributed by atoms with van der Waals surface area (Å²) in [7, 11) is 0. The van der Waals surface area contributed by atoms with E-state index >= 15 is 0 Å². The van der Waals surface area contributed by atoms with E-state index in [2.05, 4.69) is 15.2 Å². The van der Waals surface area contributed by atoms with Crippen molar-refractivity contribution in [2.45, 2.75) is 25.0 Å². The highest BCUT2D eigenvalue weighted by atomic mass is 16.5. The van der Waals surface area contributed by atoms with E-state index in [-0.39, 0.29) is 6.10 Å². The number of ether oxygens (including phenoxy) is 1. The SMILES string of the molecule is c1ccc2oc(NC[C@@H]3CN4CCC[C@@H]4CO3)nc2c1. The topological polar surface area (TPSA) is 50.5 Å². The lowest BCUT2D eigenvalue weighted by molar-refractivity contribution is -0.0417. The molecule has 0 saturated carbocycles. The molecular formula is C15H19N3O2. The zero-order chi connectivity index (χ0) is 13.4. The lowest BCUT2D eigenvalue weighted by Crippen LogP contribution is -2.48. The number of hydrogen-bond donors (Lipinski definition) is 1. The Morgan fingerprint density at radius 2 is 2.30 bits per heavy atom. The molecule has 1 N–H and O–H groups in total. The summed E-state index contributed by atoms with van der Waals surface area (Å²) in [5.41, 5.74) is 1.71. The molecule has 2 aliphatic rings. The lowest BCUT2D eigenvalue weighted by atomic mass is 10.2. The first kappa shape index (κ1) is 12.2. The molecule has 1 aromatic heterocycles. The highest BCUT2D eigenvalue weighted by Crippen LogP contribution is 2.23. The molecule has 5 heteroatoms. The van der Waals surface area contributed by atoms with Crippen LogP contribution in [0.4, 0.5) is 6.01 Å². The second-order valence-electron chi connectivity index (χ2n) is 5.61. The molecule has 2 atom stereocenters. The zero-order valence-electron chi connectivity index (χ0n) is 11.4. The smallest absolute Gasteiger partial charge is 0.295 e. The molecule has 5 nitrogen and oxygen atoms in total. The van der Waals surface area contributed by atoms with Gasteiger partial charge in [-0.15, -0.1) is 0 Å². The van der Waals surface area contributed by atoms with E-state index in [0.717, 1.165) is 30.8 Å². The molecule has 2 aromatic rings. The van der Waals surface area contributed by atoms with Gasteiger partial charge in [0.25, 0.3) is 6.01 Å². The molecule has 0 aliphatic carbocycles. The molecule has 0 radical (unpaired) electrons. The first-order chi connectivity index (χ1) is 9.88. The summed E-state index contributed by atoms with van der Waals surface area (Å²) in [6.07, 6.45) is 2.81. The first-order valence-electron chi connectivity index (χ1n) is 7.33. The second kappa shape index (κ2) is 5.07. The fourth-order valence-electron chi connectivity index (χ4n) is 3.16. The molecule has 3 heterocycles. The van der Waals surface area contributed by atoms with Gasteiger partial charge in [-0.05, 0) is 31.5 Å². The van der Waals surface area contributed by atoms with Gasteiger partial charge in [0, 0.05) is 19.1 Å². The number of fused-ring (bicyclic) bond motifs is 2. The Balaban J connectivity index is 1.38.